The number of carbonyl (C=O) groups excluding carboxylic acids is 2. The second-order valence-corrected chi connectivity index (χ2v) is 8.12. The van der Waals surface area contributed by atoms with Crippen molar-refractivity contribution in [3.63, 3.8) is 0 Å². The number of esters is 1. The van der Waals surface area contributed by atoms with E-state index < -0.39 is 16.9 Å². The molecule has 1 aliphatic rings. The second-order valence-electron chi connectivity index (χ2n) is 7.59. The molecule has 160 valence electrons. The van der Waals surface area contributed by atoms with Crippen molar-refractivity contribution < 1.29 is 28.9 Å². The Balaban J connectivity index is 1.63. The van der Waals surface area contributed by atoms with E-state index >= 15 is 0 Å². The molecule has 0 fully saturated rings. The van der Waals surface area contributed by atoms with Gasteiger partial charge >= 0.3 is 5.97 Å². The van der Waals surface area contributed by atoms with Gasteiger partial charge in [-0.15, -0.1) is 11.6 Å². The fourth-order valence-electron chi connectivity index (χ4n) is 3.31. The lowest BCUT2D eigenvalue weighted by Crippen LogP contribution is -2.44. The number of hydrogen-bond donors (Lipinski definition) is 1. The van der Waals surface area contributed by atoms with Crippen LogP contribution < -0.4 is 9.47 Å². The summed E-state index contributed by atoms with van der Waals surface area (Å²) >= 11 is 6.07. The molecule has 2 unspecified atom stereocenters. The number of carbonyl (C=O) groups is 2. The Morgan fingerprint density at radius 1 is 1.27 bits per heavy atom. The number of hydrogen-bond acceptors (Lipinski definition) is 6. The SMILES string of the molecule is CCOC(=O)C(Cl)Cc1ccc(OCC2(C)CC(=O)c3ccc(O)c(C)c3O2)cc1. The number of halogens is 1. The number of Topliss-reactive ketones (excluding diaryl/α,β-unsaturated/α-hetero) is 1. The molecule has 0 bridgehead atoms. The van der Waals surface area contributed by atoms with Gasteiger partial charge in [-0.05, 0) is 57.0 Å². The minimum Gasteiger partial charge on any atom is -0.508 e. The number of aromatic hydroxyl groups is 1. The van der Waals surface area contributed by atoms with Crippen molar-refractivity contribution >= 4 is 23.4 Å². The zero-order valence-corrected chi connectivity index (χ0v) is 18.0. The van der Waals surface area contributed by atoms with E-state index in [2.05, 4.69) is 0 Å². The molecule has 6 nitrogen and oxygen atoms in total. The first-order chi connectivity index (χ1) is 14.2. The standard InChI is InChI=1S/C23H25ClO6/c1-4-28-22(27)18(24)11-15-5-7-16(8-6-15)29-13-23(3)12-20(26)17-9-10-19(25)14(2)21(17)30-23/h5-10,18,25H,4,11-13H2,1-3H3. The van der Waals surface area contributed by atoms with Gasteiger partial charge in [0.1, 0.15) is 34.8 Å². The lowest BCUT2D eigenvalue weighted by Gasteiger charge is -2.35. The zero-order chi connectivity index (χ0) is 21.9. The summed E-state index contributed by atoms with van der Waals surface area (Å²) < 4.78 is 16.9. The monoisotopic (exact) mass is 432 g/mol. The molecule has 1 heterocycles. The smallest absolute Gasteiger partial charge is 0.324 e. The van der Waals surface area contributed by atoms with Crippen LogP contribution in [0.2, 0.25) is 0 Å². The molecule has 0 amide bonds. The first-order valence-corrected chi connectivity index (χ1v) is 10.2. The van der Waals surface area contributed by atoms with Gasteiger partial charge in [-0.2, -0.15) is 0 Å². The minimum atomic E-state index is -0.855. The molecular formula is C23H25ClO6. The van der Waals surface area contributed by atoms with Crippen LogP contribution in [0.5, 0.6) is 17.2 Å². The number of ether oxygens (including phenoxy) is 3. The van der Waals surface area contributed by atoms with Crippen LogP contribution in [0, 0.1) is 6.92 Å². The van der Waals surface area contributed by atoms with Crippen LogP contribution in [-0.2, 0) is 16.0 Å². The topological polar surface area (TPSA) is 82.1 Å². The Bertz CT molecular complexity index is 939. The molecule has 1 N–H and O–H groups in total. The predicted molar refractivity (Wildman–Crippen MR) is 113 cm³/mol. The summed E-state index contributed by atoms with van der Waals surface area (Å²) in [5, 5.41) is 9.19. The highest BCUT2D eigenvalue weighted by atomic mass is 35.5. The molecule has 0 aliphatic carbocycles. The fourth-order valence-corrected chi connectivity index (χ4v) is 3.55. The van der Waals surface area contributed by atoms with Crippen molar-refractivity contribution in [3.05, 3.63) is 53.1 Å². The third kappa shape index (κ3) is 4.87. The van der Waals surface area contributed by atoms with E-state index in [9.17, 15) is 14.7 Å². The quantitative estimate of drug-likeness (QED) is 0.521. The van der Waals surface area contributed by atoms with Crippen LogP contribution in [0.4, 0.5) is 0 Å². The summed E-state index contributed by atoms with van der Waals surface area (Å²) in [6.07, 6.45) is 0.533. The van der Waals surface area contributed by atoms with Gasteiger partial charge in [0.2, 0.25) is 0 Å². The van der Waals surface area contributed by atoms with Gasteiger partial charge in [0.15, 0.2) is 5.78 Å². The summed E-state index contributed by atoms with van der Waals surface area (Å²) in [6, 6.07) is 10.3. The maximum absolute atomic E-state index is 12.6. The summed E-state index contributed by atoms with van der Waals surface area (Å²) in [5.41, 5.74) is 1.04. The normalized spacial score (nSPS) is 18.9. The fraction of sp³-hybridized carbons (Fsp3) is 0.391. The van der Waals surface area contributed by atoms with E-state index in [-0.39, 0.29) is 24.6 Å². The molecule has 2 atom stereocenters. The average molecular weight is 433 g/mol. The number of rotatable bonds is 7. The van der Waals surface area contributed by atoms with Gasteiger partial charge in [0.05, 0.1) is 18.6 Å². The van der Waals surface area contributed by atoms with Crippen LogP contribution in [0.1, 0.15) is 41.8 Å². The lowest BCUT2D eigenvalue weighted by atomic mass is 9.90. The third-order valence-electron chi connectivity index (χ3n) is 4.99. The third-order valence-corrected chi connectivity index (χ3v) is 5.32. The Labute approximate surface area is 180 Å². The molecular weight excluding hydrogens is 408 g/mol. The van der Waals surface area contributed by atoms with Crippen LogP contribution in [0.25, 0.3) is 0 Å². The maximum atomic E-state index is 12.6. The molecule has 0 aromatic heterocycles. The molecule has 0 saturated carbocycles. The summed E-state index contributed by atoms with van der Waals surface area (Å²) in [7, 11) is 0. The molecule has 7 heteroatoms. The number of benzene rings is 2. The summed E-state index contributed by atoms with van der Waals surface area (Å²) in [5.74, 6) is 0.611. The number of fused-ring (bicyclic) bond motifs is 1. The van der Waals surface area contributed by atoms with Crippen LogP contribution in [0.15, 0.2) is 36.4 Å². The van der Waals surface area contributed by atoms with Crippen LogP contribution in [-0.4, -0.2) is 41.1 Å². The van der Waals surface area contributed by atoms with Crippen molar-refractivity contribution in [1.29, 1.82) is 0 Å². The molecule has 3 rings (SSSR count). The van der Waals surface area contributed by atoms with Crippen molar-refractivity contribution in [2.24, 2.45) is 0 Å². The predicted octanol–water partition coefficient (Wildman–Crippen LogP) is 4.22. The van der Waals surface area contributed by atoms with Crippen molar-refractivity contribution in [2.75, 3.05) is 13.2 Å². The first kappa shape index (κ1) is 22.0. The first-order valence-electron chi connectivity index (χ1n) is 9.79. The highest BCUT2D eigenvalue weighted by Crippen LogP contribution is 2.39. The molecule has 30 heavy (non-hydrogen) atoms. The Hall–Kier alpha value is -2.73. The largest absolute Gasteiger partial charge is 0.508 e. The van der Waals surface area contributed by atoms with E-state index in [1.54, 1.807) is 32.0 Å². The van der Waals surface area contributed by atoms with E-state index in [0.717, 1.165) is 5.56 Å². The molecule has 1 aliphatic heterocycles. The summed E-state index contributed by atoms with van der Waals surface area (Å²) in [4.78, 5) is 24.2. The highest BCUT2D eigenvalue weighted by molar-refractivity contribution is 6.30. The van der Waals surface area contributed by atoms with E-state index in [4.69, 9.17) is 25.8 Å². The Morgan fingerprint density at radius 2 is 1.97 bits per heavy atom. The van der Waals surface area contributed by atoms with Crippen molar-refractivity contribution in [2.45, 2.75) is 44.6 Å². The van der Waals surface area contributed by atoms with Gasteiger partial charge in [0.25, 0.3) is 0 Å². The molecule has 0 spiro atoms. The van der Waals surface area contributed by atoms with E-state index in [0.29, 0.717) is 35.7 Å². The van der Waals surface area contributed by atoms with Gasteiger partial charge in [0, 0.05) is 5.56 Å². The maximum Gasteiger partial charge on any atom is 0.324 e. The number of phenolic OH excluding ortho intramolecular Hbond substituents is 1. The Morgan fingerprint density at radius 3 is 2.63 bits per heavy atom. The molecule has 0 saturated heterocycles. The van der Waals surface area contributed by atoms with Crippen molar-refractivity contribution in [3.8, 4) is 17.2 Å². The van der Waals surface area contributed by atoms with Gasteiger partial charge in [-0.3, -0.25) is 9.59 Å². The summed E-state index contributed by atoms with van der Waals surface area (Å²) in [6.45, 7) is 5.71. The number of ketones is 1. The second kappa shape index (κ2) is 8.96. The van der Waals surface area contributed by atoms with Gasteiger partial charge < -0.3 is 19.3 Å². The van der Waals surface area contributed by atoms with Gasteiger partial charge in [-0.1, -0.05) is 12.1 Å². The lowest BCUT2D eigenvalue weighted by molar-refractivity contribution is -0.142. The number of phenols is 1. The van der Waals surface area contributed by atoms with E-state index in [1.807, 2.05) is 19.1 Å². The minimum absolute atomic E-state index is 0.0482. The van der Waals surface area contributed by atoms with Crippen LogP contribution in [0.3, 0.4) is 0 Å². The number of alkyl halides is 1. The Kier molecular flexibility index (Phi) is 6.56. The zero-order valence-electron chi connectivity index (χ0n) is 17.2. The molecule has 0 radical (unpaired) electrons. The highest BCUT2D eigenvalue weighted by Gasteiger charge is 2.38. The molecule has 2 aromatic carbocycles. The van der Waals surface area contributed by atoms with Gasteiger partial charge in [-0.25, -0.2) is 0 Å². The average Bonchev–Trinajstić information content (AvgIpc) is 2.71. The molecule has 2 aromatic rings. The van der Waals surface area contributed by atoms with Crippen LogP contribution >= 0.6 is 11.6 Å². The van der Waals surface area contributed by atoms with Crippen molar-refractivity contribution in [1.82, 2.24) is 0 Å². The van der Waals surface area contributed by atoms with E-state index in [1.165, 1.54) is 6.07 Å².